The maximum Gasteiger partial charge on any atom is 0.122 e. The second-order valence-electron chi connectivity index (χ2n) is 5.89. The number of rotatable bonds is 12. The maximum absolute atomic E-state index is 5.71. The molecule has 0 saturated carbocycles. The molecule has 3 nitrogen and oxygen atoms in total. The molecule has 3 heteroatoms. The fourth-order valence-corrected chi connectivity index (χ4v) is 2.45. The minimum atomic E-state index is 0.546. The van der Waals surface area contributed by atoms with Crippen LogP contribution in [0.4, 0.5) is 0 Å². The Morgan fingerprint density at radius 2 is 1.42 bits per heavy atom. The molecule has 0 radical (unpaired) electrons. The van der Waals surface area contributed by atoms with Gasteiger partial charge in [0.05, 0.1) is 0 Å². The van der Waals surface area contributed by atoms with Crippen LogP contribution in [0.2, 0.25) is 0 Å². The summed E-state index contributed by atoms with van der Waals surface area (Å²) in [5.41, 5.74) is 1.29. The first-order valence-corrected chi connectivity index (χ1v) is 8.99. The van der Waals surface area contributed by atoms with Crippen molar-refractivity contribution < 1.29 is 9.47 Å². The van der Waals surface area contributed by atoms with Gasteiger partial charge in [-0.1, -0.05) is 56.5 Å². The van der Waals surface area contributed by atoms with Gasteiger partial charge in [-0.2, -0.15) is 0 Å². The molecular weight excluding hydrogens is 298 g/mol. The van der Waals surface area contributed by atoms with Crippen molar-refractivity contribution in [1.29, 1.82) is 0 Å². The van der Waals surface area contributed by atoms with E-state index >= 15 is 0 Å². The molecule has 2 rings (SSSR count). The summed E-state index contributed by atoms with van der Waals surface area (Å²) in [6.45, 7) is 5.35. The van der Waals surface area contributed by atoms with Gasteiger partial charge in [-0.25, -0.2) is 0 Å². The van der Waals surface area contributed by atoms with Crippen molar-refractivity contribution in [3.63, 3.8) is 0 Å². The molecule has 24 heavy (non-hydrogen) atoms. The molecule has 0 fully saturated rings. The number of para-hydroxylation sites is 1. The van der Waals surface area contributed by atoms with Crippen LogP contribution in [0.3, 0.4) is 0 Å². The molecule has 0 atom stereocenters. The second kappa shape index (κ2) is 11.5. The SMILES string of the molecule is CCCCCCNCc1ccc(OCCOc2ccccc2)cc1. The zero-order valence-corrected chi connectivity index (χ0v) is 14.7. The van der Waals surface area contributed by atoms with Crippen LogP contribution in [0.1, 0.15) is 38.2 Å². The van der Waals surface area contributed by atoms with E-state index in [1.807, 2.05) is 42.5 Å². The van der Waals surface area contributed by atoms with Crippen LogP contribution in [-0.2, 0) is 6.54 Å². The number of unbranched alkanes of at least 4 members (excludes halogenated alkanes) is 3. The molecule has 0 aromatic heterocycles. The Kier molecular flexibility index (Phi) is 8.81. The number of ether oxygens (including phenoxy) is 2. The molecule has 2 aromatic rings. The third-order valence-electron chi connectivity index (χ3n) is 3.82. The second-order valence-corrected chi connectivity index (χ2v) is 5.89. The van der Waals surface area contributed by atoms with E-state index in [9.17, 15) is 0 Å². The van der Waals surface area contributed by atoms with Crippen LogP contribution >= 0.6 is 0 Å². The summed E-state index contributed by atoms with van der Waals surface area (Å²) in [7, 11) is 0. The van der Waals surface area contributed by atoms with E-state index in [-0.39, 0.29) is 0 Å². The number of benzene rings is 2. The molecule has 0 spiro atoms. The van der Waals surface area contributed by atoms with Crippen LogP contribution in [0.5, 0.6) is 11.5 Å². The van der Waals surface area contributed by atoms with Crippen molar-refractivity contribution in [1.82, 2.24) is 5.32 Å². The standard InChI is InChI=1S/C21H29NO2/c1-2-3-4-8-15-22-18-19-11-13-21(14-12-19)24-17-16-23-20-9-6-5-7-10-20/h5-7,9-14,22H,2-4,8,15-18H2,1H3. The Balaban J connectivity index is 1.58. The zero-order valence-electron chi connectivity index (χ0n) is 14.7. The predicted molar refractivity (Wildman–Crippen MR) is 99.7 cm³/mol. The summed E-state index contributed by atoms with van der Waals surface area (Å²) in [6, 6.07) is 18.1. The lowest BCUT2D eigenvalue weighted by Gasteiger charge is -2.09. The lowest BCUT2D eigenvalue weighted by molar-refractivity contribution is 0.217. The fourth-order valence-electron chi connectivity index (χ4n) is 2.45. The topological polar surface area (TPSA) is 30.5 Å². The van der Waals surface area contributed by atoms with Crippen LogP contribution in [0.15, 0.2) is 54.6 Å². The number of hydrogen-bond donors (Lipinski definition) is 1. The van der Waals surface area contributed by atoms with Crippen LogP contribution in [0.25, 0.3) is 0 Å². The van der Waals surface area contributed by atoms with Gasteiger partial charge in [-0.05, 0) is 42.8 Å². The van der Waals surface area contributed by atoms with Gasteiger partial charge in [0.2, 0.25) is 0 Å². The van der Waals surface area contributed by atoms with Gasteiger partial charge < -0.3 is 14.8 Å². The Morgan fingerprint density at radius 1 is 0.750 bits per heavy atom. The van der Waals surface area contributed by atoms with Crippen LogP contribution in [0, 0.1) is 0 Å². The molecule has 0 unspecified atom stereocenters. The van der Waals surface area contributed by atoms with E-state index in [0.717, 1.165) is 24.6 Å². The monoisotopic (exact) mass is 327 g/mol. The van der Waals surface area contributed by atoms with Gasteiger partial charge in [0.1, 0.15) is 24.7 Å². The van der Waals surface area contributed by atoms with E-state index in [4.69, 9.17) is 9.47 Å². The van der Waals surface area contributed by atoms with Gasteiger partial charge >= 0.3 is 0 Å². The van der Waals surface area contributed by atoms with Crippen molar-refractivity contribution in [2.45, 2.75) is 39.2 Å². The summed E-state index contributed by atoms with van der Waals surface area (Å²) >= 11 is 0. The highest BCUT2D eigenvalue weighted by molar-refractivity contribution is 5.27. The van der Waals surface area contributed by atoms with Crippen molar-refractivity contribution in [2.24, 2.45) is 0 Å². The lowest BCUT2D eigenvalue weighted by atomic mass is 10.2. The lowest BCUT2D eigenvalue weighted by Crippen LogP contribution is -2.14. The minimum Gasteiger partial charge on any atom is -0.490 e. The Hall–Kier alpha value is -2.00. The van der Waals surface area contributed by atoms with E-state index < -0.39 is 0 Å². The first-order valence-electron chi connectivity index (χ1n) is 8.99. The zero-order chi connectivity index (χ0) is 16.9. The smallest absolute Gasteiger partial charge is 0.122 e. The molecule has 0 aliphatic heterocycles. The summed E-state index contributed by atoms with van der Waals surface area (Å²) < 4.78 is 11.3. The first kappa shape index (κ1) is 18.3. The van der Waals surface area contributed by atoms with Crippen molar-refractivity contribution in [3.05, 3.63) is 60.2 Å². The van der Waals surface area contributed by atoms with Crippen molar-refractivity contribution >= 4 is 0 Å². The van der Waals surface area contributed by atoms with Crippen molar-refractivity contribution in [2.75, 3.05) is 19.8 Å². The Labute approximate surface area is 146 Å². The highest BCUT2D eigenvalue weighted by atomic mass is 16.5. The molecule has 130 valence electrons. The van der Waals surface area contributed by atoms with E-state index in [1.54, 1.807) is 0 Å². The molecule has 0 aliphatic carbocycles. The van der Waals surface area contributed by atoms with Crippen molar-refractivity contribution in [3.8, 4) is 11.5 Å². The largest absolute Gasteiger partial charge is 0.490 e. The Morgan fingerprint density at radius 3 is 2.08 bits per heavy atom. The predicted octanol–water partition coefficient (Wildman–Crippen LogP) is 4.81. The van der Waals surface area contributed by atoms with Gasteiger partial charge in [0.15, 0.2) is 0 Å². The van der Waals surface area contributed by atoms with Gasteiger partial charge in [0.25, 0.3) is 0 Å². The molecule has 0 aliphatic rings. The summed E-state index contributed by atoms with van der Waals surface area (Å²) in [4.78, 5) is 0. The molecule has 0 heterocycles. The highest BCUT2D eigenvalue weighted by Crippen LogP contribution is 2.13. The number of hydrogen-bond acceptors (Lipinski definition) is 3. The third-order valence-corrected chi connectivity index (χ3v) is 3.82. The molecule has 0 saturated heterocycles. The highest BCUT2D eigenvalue weighted by Gasteiger charge is 1.97. The average molecular weight is 327 g/mol. The average Bonchev–Trinajstić information content (AvgIpc) is 2.64. The van der Waals surface area contributed by atoms with Gasteiger partial charge in [-0.15, -0.1) is 0 Å². The quantitative estimate of drug-likeness (QED) is 0.567. The van der Waals surface area contributed by atoms with Gasteiger partial charge in [0, 0.05) is 6.54 Å². The van der Waals surface area contributed by atoms with E-state index in [2.05, 4.69) is 24.4 Å². The Bertz CT molecular complexity index is 540. The summed E-state index contributed by atoms with van der Waals surface area (Å²) in [5, 5.41) is 3.49. The number of nitrogens with one attached hydrogen (secondary N) is 1. The molecule has 0 amide bonds. The normalized spacial score (nSPS) is 10.5. The molecule has 2 aromatic carbocycles. The van der Waals surface area contributed by atoms with E-state index in [0.29, 0.717) is 13.2 Å². The van der Waals surface area contributed by atoms with E-state index in [1.165, 1.54) is 31.2 Å². The van der Waals surface area contributed by atoms with Crippen LogP contribution < -0.4 is 14.8 Å². The summed E-state index contributed by atoms with van der Waals surface area (Å²) in [6.07, 6.45) is 5.21. The molecule has 1 N–H and O–H groups in total. The minimum absolute atomic E-state index is 0.546. The first-order chi connectivity index (χ1) is 11.9. The summed E-state index contributed by atoms with van der Waals surface area (Å²) in [5.74, 6) is 1.76. The maximum atomic E-state index is 5.71. The third kappa shape index (κ3) is 7.51. The van der Waals surface area contributed by atoms with Gasteiger partial charge in [-0.3, -0.25) is 0 Å². The molecular formula is C21H29NO2. The molecule has 0 bridgehead atoms. The van der Waals surface area contributed by atoms with Crippen LogP contribution in [-0.4, -0.2) is 19.8 Å². The fraction of sp³-hybridized carbons (Fsp3) is 0.429.